The van der Waals surface area contributed by atoms with E-state index < -0.39 is 8.56 Å². The highest BCUT2D eigenvalue weighted by molar-refractivity contribution is 6.74. The topological polar surface area (TPSA) is 47.9 Å². The third-order valence-electron chi connectivity index (χ3n) is 5.07. The normalized spacial score (nSPS) is 17.1. The fourth-order valence-corrected chi connectivity index (χ4v) is 8.71. The monoisotopic (exact) mass is 378 g/mol. The van der Waals surface area contributed by atoms with Crippen LogP contribution in [-0.4, -0.2) is 27.4 Å². The number of methoxy groups -OCH3 is 1. The van der Waals surface area contributed by atoms with Crippen molar-refractivity contribution in [3.05, 3.63) is 34.9 Å². The van der Waals surface area contributed by atoms with E-state index >= 15 is 0 Å². The van der Waals surface area contributed by atoms with Crippen LogP contribution in [0.4, 0.5) is 0 Å². The van der Waals surface area contributed by atoms with Gasteiger partial charge in [0.2, 0.25) is 0 Å². The van der Waals surface area contributed by atoms with Gasteiger partial charge in [-0.25, -0.2) is 0 Å². The molecule has 146 valence electrons. The van der Waals surface area contributed by atoms with Gasteiger partial charge in [-0.3, -0.25) is 0 Å². The van der Waals surface area contributed by atoms with Gasteiger partial charge in [0, 0.05) is 15.6 Å². The molecule has 0 bridgehead atoms. The molecule has 26 heavy (non-hydrogen) atoms. The summed E-state index contributed by atoms with van der Waals surface area (Å²) in [5.41, 5.74) is 3.28. The Kier molecular flexibility index (Phi) is 5.95. The summed E-state index contributed by atoms with van der Waals surface area (Å²) in [6.07, 6.45) is 4.48. The fourth-order valence-electron chi connectivity index (χ4n) is 4.07. The van der Waals surface area contributed by atoms with Gasteiger partial charge in [0.25, 0.3) is 0 Å². The summed E-state index contributed by atoms with van der Waals surface area (Å²) in [6, 6.07) is 2.13. The summed E-state index contributed by atoms with van der Waals surface area (Å²) < 4.78 is 19.1. The zero-order chi connectivity index (χ0) is 19.8. The zero-order valence-corrected chi connectivity index (χ0v) is 18.5. The van der Waals surface area contributed by atoms with Crippen LogP contribution in [-0.2, 0) is 17.5 Å². The molecule has 0 spiro atoms. The predicted octanol–water partition coefficient (Wildman–Crippen LogP) is 5.05. The third kappa shape index (κ3) is 3.57. The summed E-state index contributed by atoms with van der Waals surface area (Å²) in [7, 11) is -0.908. The lowest BCUT2D eigenvalue weighted by atomic mass is 9.99. The number of rotatable bonds is 4. The average molecular weight is 379 g/mol. The van der Waals surface area contributed by atoms with Gasteiger partial charge in [-0.15, -0.1) is 0 Å². The molecule has 1 aliphatic rings. The zero-order valence-electron chi connectivity index (χ0n) is 17.5. The number of aliphatic hydroxyl groups excluding tert-OH is 1. The maximum absolute atomic E-state index is 9.02. The molecule has 1 aromatic carbocycles. The molecule has 1 aromatic rings. The largest absolute Gasteiger partial charge is 0.516 e. The van der Waals surface area contributed by atoms with Gasteiger partial charge >= 0.3 is 8.56 Å². The summed E-state index contributed by atoms with van der Waals surface area (Å²) in [4.78, 5) is 0. The third-order valence-corrected chi connectivity index (χ3v) is 10.1. The van der Waals surface area contributed by atoms with Gasteiger partial charge in [-0.2, -0.15) is 0 Å². The molecule has 0 saturated heterocycles. The molecule has 1 heterocycles. The quantitative estimate of drug-likeness (QED) is 0.588. The molecule has 1 N–H and O–H groups in total. The Hall–Kier alpha value is -1.30. The number of hydrogen-bond acceptors (Lipinski definition) is 4. The van der Waals surface area contributed by atoms with Crippen LogP contribution in [0.3, 0.4) is 0 Å². The minimum absolute atomic E-state index is 0.0500. The van der Waals surface area contributed by atoms with Gasteiger partial charge in [0.15, 0.2) is 11.5 Å². The van der Waals surface area contributed by atoms with Crippen molar-refractivity contribution in [1.29, 1.82) is 0 Å². The van der Waals surface area contributed by atoms with Gasteiger partial charge in [0.1, 0.15) is 0 Å². The van der Waals surface area contributed by atoms with Crippen molar-refractivity contribution in [3.8, 4) is 11.5 Å². The molecule has 0 saturated carbocycles. The molecular formula is C21H34O4Si. The molecular weight excluding hydrogens is 344 g/mol. The van der Waals surface area contributed by atoms with Gasteiger partial charge in [-0.05, 0) is 24.5 Å². The molecule has 0 fully saturated rings. The van der Waals surface area contributed by atoms with E-state index in [2.05, 4.69) is 54.5 Å². The van der Waals surface area contributed by atoms with Crippen LogP contribution in [0, 0.1) is 6.92 Å². The van der Waals surface area contributed by atoms with Crippen LogP contribution in [0.15, 0.2) is 18.2 Å². The van der Waals surface area contributed by atoms with Crippen LogP contribution >= 0.6 is 0 Å². The van der Waals surface area contributed by atoms with Crippen LogP contribution in [0.5, 0.6) is 11.5 Å². The number of allylic oxidation sites excluding steroid dienone is 1. The molecule has 0 atom stereocenters. The minimum atomic E-state index is -2.61. The van der Waals surface area contributed by atoms with Gasteiger partial charge in [0.05, 0.1) is 20.3 Å². The van der Waals surface area contributed by atoms with Crippen molar-refractivity contribution in [2.45, 2.75) is 71.6 Å². The second-order valence-electron chi connectivity index (χ2n) is 9.06. The summed E-state index contributed by atoms with van der Waals surface area (Å²) in [5.74, 6) is 1.66. The summed E-state index contributed by atoms with van der Waals surface area (Å²) in [5, 5.41) is 8.84. The highest BCUT2D eigenvalue weighted by atomic mass is 28.4. The lowest BCUT2D eigenvalue weighted by Gasteiger charge is -2.51. The van der Waals surface area contributed by atoms with Crippen molar-refractivity contribution in [1.82, 2.24) is 0 Å². The van der Waals surface area contributed by atoms with E-state index in [4.69, 9.17) is 18.7 Å². The van der Waals surface area contributed by atoms with Crippen LogP contribution in [0.2, 0.25) is 10.1 Å². The van der Waals surface area contributed by atoms with E-state index in [0.717, 1.165) is 34.6 Å². The molecule has 4 nitrogen and oxygen atoms in total. The molecule has 0 amide bonds. The summed E-state index contributed by atoms with van der Waals surface area (Å²) >= 11 is 0. The van der Waals surface area contributed by atoms with E-state index in [0.29, 0.717) is 6.61 Å². The Morgan fingerprint density at radius 1 is 1.15 bits per heavy atom. The van der Waals surface area contributed by atoms with Crippen LogP contribution in [0.1, 0.15) is 58.2 Å². The van der Waals surface area contributed by atoms with Crippen molar-refractivity contribution in [2.75, 3.05) is 13.7 Å². The predicted molar refractivity (Wildman–Crippen MR) is 108 cm³/mol. The number of hydrogen-bond donors (Lipinski definition) is 1. The van der Waals surface area contributed by atoms with Crippen molar-refractivity contribution in [3.63, 3.8) is 0 Å². The average Bonchev–Trinajstić information content (AvgIpc) is 2.52. The number of ether oxygens (including phenoxy) is 1. The van der Waals surface area contributed by atoms with Gasteiger partial charge < -0.3 is 18.7 Å². The molecule has 0 unspecified atom stereocenters. The Morgan fingerprint density at radius 2 is 1.77 bits per heavy atom. The van der Waals surface area contributed by atoms with E-state index in [-0.39, 0.29) is 16.7 Å². The Bertz CT molecular complexity index is 667. The smallest absolute Gasteiger partial charge is 0.410 e. The maximum atomic E-state index is 9.02. The fraction of sp³-hybridized carbons (Fsp3) is 0.619. The van der Waals surface area contributed by atoms with E-state index in [9.17, 15) is 0 Å². The first-order valence-electron chi connectivity index (χ1n) is 9.26. The first kappa shape index (κ1) is 21.0. The highest BCUT2D eigenvalue weighted by Crippen LogP contribution is 2.56. The SMILES string of the molecule is COc1c(C)cc(CC=CCO)c2c1O[Si](C(C)(C)C)(C(C)(C)C)OC2. The molecule has 5 heteroatoms. The van der Waals surface area contributed by atoms with Crippen LogP contribution < -0.4 is 9.16 Å². The first-order valence-corrected chi connectivity index (χ1v) is 11.1. The van der Waals surface area contributed by atoms with Crippen LogP contribution in [0.25, 0.3) is 0 Å². The van der Waals surface area contributed by atoms with E-state index in [1.54, 1.807) is 13.2 Å². The first-order chi connectivity index (χ1) is 12.0. The standard InChI is InChI=1S/C21H34O4Si/c1-15-13-16(11-9-10-12-22)17-14-24-26(20(2,3)4,21(5,6)7)25-19(17)18(15)23-8/h9-10,13,22H,11-12,14H2,1-8H3. The highest BCUT2D eigenvalue weighted by Gasteiger charge is 2.62. The molecule has 0 aliphatic carbocycles. The minimum Gasteiger partial charge on any atom is -0.516 e. The Balaban J connectivity index is 2.63. The van der Waals surface area contributed by atoms with Crippen molar-refractivity contribution >= 4 is 8.56 Å². The second-order valence-corrected chi connectivity index (χ2v) is 13.8. The van der Waals surface area contributed by atoms with Gasteiger partial charge in [-0.1, -0.05) is 59.8 Å². The lowest BCUT2D eigenvalue weighted by molar-refractivity contribution is 0.152. The molecule has 0 radical (unpaired) electrons. The number of fused-ring (bicyclic) bond motifs is 1. The van der Waals surface area contributed by atoms with Crippen molar-refractivity contribution < 1.29 is 18.7 Å². The number of aryl methyl sites for hydroxylation is 1. The number of aliphatic hydroxyl groups is 1. The molecule has 1 aliphatic heterocycles. The molecule has 2 rings (SSSR count). The van der Waals surface area contributed by atoms with Crippen molar-refractivity contribution in [2.24, 2.45) is 0 Å². The Labute approximate surface area is 159 Å². The van der Waals surface area contributed by atoms with E-state index in [1.165, 1.54) is 0 Å². The van der Waals surface area contributed by atoms with E-state index in [1.807, 2.05) is 6.08 Å². The summed E-state index contributed by atoms with van der Waals surface area (Å²) in [6.45, 7) is 15.9. The molecule has 0 aromatic heterocycles. The number of benzene rings is 1. The maximum Gasteiger partial charge on any atom is 0.410 e. The second kappa shape index (κ2) is 7.37. The Morgan fingerprint density at radius 3 is 2.27 bits per heavy atom. The lowest BCUT2D eigenvalue weighted by Crippen LogP contribution is -2.61.